The maximum atomic E-state index is 8.74. The van der Waals surface area contributed by atoms with Gasteiger partial charge in [0.15, 0.2) is 0 Å². The van der Waals surface area contributed by atoms with Gasteiger partial charge in [-0.25, -0.2) is 0 Å². The van der Waals surface area contributed by atoms with E-state index in [0.717, 1.165) is 11.5 Å². The summed E-state index contributed by atoms with van der Waals surface area (Å²) in [5.74, 6) is 3.86. The summed E-state index contributed by atoms with van der Waals surface area (Å²) in [7, 11) is -4.67. The minimum atomic E-state index is -4.67. The van der Waals surface area contributed by atoms with Crippen LogP contribution in [0, 0.1) is 0 Å². The minimum Gasteiger partial charge on any atom is -0.457 e. The Morgan fingerprint density at radius 1 is 0.633 bits per heavy atom. The Morgan fingerprint density at radius 2 is 0.933 bits per heavy atom. The summed E-state index contributed by atoms with van der Waals surface area (Å²) in [6.45, 7) is 18.0. The first-order valence-electron chi connectivity index (χ1n) is 10.4. The molecule has 0 saturated heterocycles. The van der Waals surface area contributed by atoms with Gasteiger partial charge in [0.1, 0.15) is 11.5 Å². The summed E-state index contributed by atoms with van der Waals surface area (Å²) in [4.78, 5) is 0. The Hall–Kier alpha value is -1.89. The molecular weight excluding hydrogens is 400 g/mol. The predicted octanol–water partition coefficient (Wildman–Crippen LogP) is 7.32. The highest BCUT2D eigenvalue weighted by atomic mass is 32.3. The van der Waals surface area contributed by atoms with Gasteiger partial charge in [-0.1, -0.05) is 79.7 Å². The molecule has 0 aliphatic carbocycles. The lowest BCUT2D eigenvalue weighted by Gasteiger charge is -2.24. The van der Waals surface area contributed by atoms with Crippen LogP contribution in [0.1, 0.15) is 101 Å². The van der Waals surface area contributed by atoms with E-state index < -0.39 is 10.4 Å². The molecule has 0 fully saturated rings. The molecule has 5 nitrogen and oxygen atoms in total. The van der Waals surface area contributed by atoms with E-state index in [1.54, 1.807) is 0 Å². The quantitative estimate of drug-likeness (QED) is 0.463. The van der Waals surface area contributed by atoms with Crippen molar-refractivity contribution in [1.82, 2.24) is 0 Å². The van der Waals surface area contributed by atoms with Crippen LogP contribution in [0.25, 0.3) is 0 Å². The molecule has 0 aromatic heterocycles. The van der Waals surface area contributed by atoms with Crippen molar-refractivity contribution in [2.24, 2.45) is 0 Å². The minimum absolute atomic E-state index is 0.435. The van der Waals surface area contributed by atoms with Crippen molar-refractivity contribution in [3.8, 4) is 11.5 Å². The van der Waals surface area contributed by atoms with Gasteiger partial charge in [0.05, 0.1) is 0 Å². The molecule has 0 saturated carbocycles. The van der Waals surface area contributed by atoms with Crippen LogP contribution in [0.3, 0.4) is 0 Å². The molecular formula is C24H36O5S. The first-order chi connectivity index (χ1) is 13.7. The zero-order valence-corrected chi connectivity index (χ0v) is 20.1. The van der Waals surface area contributed by atoms with E-state index in [9.17, 15) is 0 Å². The number of ether oxygens (including phenoxy) is 1. The van der Waals surface area contributed by atoms with E-state index in [1.165, 1.54) is 22.3 Å². The second kappa shape index (κ2) is 10.9. The zero-order valence-electron chi connectivity index (χ0n) is 19.3. The van der Waals surface area contributed by atoms with Gasteiger partial charge in [-0.2, -0.15) is 8.42 Å². The van der Waals surface area contributed by atoms with Gasteiger partial charge in [0.25, 0.3) is 0 Å². The molecule has 0 amide bonds. The molecule has 6 heteroatoms. The van der Waals surface area contributed by atoms with Crippen LogP contribution in [-0.2, 0) is 10.4 Å². The monoisotopic (exact) mass is 436 g/mol. The second-order valence-corrected chi connectivity index (χ2v) is 9.58. The highest BCUT2D eigenvalue weighted by Crippen LogP contribution is 2.40. The lowest BCUT2D eigenvalue weighted by molar-refractivity contribution is 0.381. The molecule has 0 radical (unpaired) electrons. The van der Waals surface area contributed by atoms with Crippen molar-refractivity contribution < 1.29 is 22.3 Å². The van der Waals surface area contributed by atoms with Gasteiger partial charge in [-0.3, -0.25) is 9.11 Å². The molecule has 0 atom stereocenters. The maximum absolute atomic E-state index is 8.74. The van der Waals surface area contributed by atoms with Gasteiger partial charge in [0, 0.05) is 11.1 Å². The van der Waals surface area contributed by atoms with Crippen molar-refractivity contribution in [3.63, 3.8) is 0 Å². The molecule has 2 aromatic rings. The summed E-state index contributed by atoms with van der Waals surface area (Å²) < 4.78 is 38.1. The summed E-state index contributed by atoms with van der Waals surface area (Å²) in [6, 6.07) is 13.0. The van der Waals surface area contributed by atoms with Gasteiger partial charge in [-0.15, -0.1) is 0 Å². The Labute approximate surface area is 182 Å². The van der Waals surface area contributed by atoms with Crippen LogP contribution in [0.15, 0.2) is 36.4 Å². The van der Waals surface area contributed by atoms with Crippen molar-refractivity contribution in [1.29, 1.82) is 0 Å². The third-order valence-corrected chi connectivity index (χ3v) is 4.82. The Balaban J connectivity index is 0.000000804. The van der Waals surface area contributed by atoms with E-state index in [-0.39, 0.29) is 0 Å². The average Bonchev–Trinajstić information content (AvgIpc) is 2.59. The topological polar surface area (TPSA) is 83.8 Å². The van der Waals surface area contributed by atoms with Crippen LogP contribution in [-0.4, -0.2) is 17.5 Å². The molecule has 2 rings (SSSR count). The van der Waals surface area contributed by atoms with Gasteiger partial charge < -0.3 is 4.74 Å². The first-order valence-corrected chi connectivity index (χ1v) is 11.8. The predicted molar refractivity (Wildman–Crippen MR) is 123 cm³/mol. The normalized spacial score (nSPS) is 11.8. The van der Waals surface area contributed by atoms with E-state index in [0.29, 0.717) is 23.7 Å². The molecule has 0 heterocycles. The highest BCUT2D eigenvalue weighted by molar-refractivity contribution is 7.79. The van der Waals surface area contributed by atoms with Gasteiger partial charge in [0.2, 0.25) is 0 Å². The van der Waals surface area contributed by atoms with E-state index in [4.69, 9.17) is 22.3 Å². The van der Waals surface area contributed by atoms with Crippen molar-refractivity contribution in [2.45, 2.75) is 79.1 Å². The van der Waals surface area contributed by atoms with Crippen LogP contribution < -0.4 is 4.74 Å². The molecule has 0 bridgehead atoms. The van der Waals surface area contributed by atoms with Crippen molar-refractivity contribution >= 4 is 10.4 Å². The summed E-state index contributed by atoms with van der Waals surface area (Å²) in [5, 5.41) is 0. The fraction of sp³-hybridized carbons (Fsp3) is 0.500. The molecule has 0 aliphatic heterocycles. The van der Waals surface area contributed by atoms with Crippen LogP contribution in [0.5, 0.6) is 11.5 Å². The van der Waals surface area contributed by atoms with E-state index in [2.05, 4.69) is 91.8 Å². The summed E-state index contributed by atoms with van der Waals surface area (Å²) in [5.41, 5.74) is 5.45. The molecule has 2 N–H and O–H groups in total. The van der Waals surface area contributed by atoms with Crippen LogP contribution >= 0.6 is 0 Å². The average molecular weight is 437 g/mol. The van der Waals surface area contributed by atoms with E-state index in [1.807, 2.05) is 0 Å². The van der Waals surface area contributed by atoms with Crippen LogP contribution in [0.4, 0.5) is 0 Å². The summed E-state index contributed by atoms with van der Waals surface area (Å²) >= 11 is 0. The fourth-order valence-electron chi connectivity index (χ4n) is 3.66. The fourth-order valence-corrected chi connectivity index (χ4v) is 3.66. The van der Waals surface area contributed by atoms with Crippen molar-refractivity contribution in [3.05, 3.63) is 58.7 Å². The number of hydrogen-bond acceptors (Lipinski definition) is 3. The molecule has 168 valence electrons. The highest BCUT2D eigenvalue weighted by Gasteiger charge is 2.19. The number of benzene rings is 2. The van der Waals surface area contributed by atoms with Crippen LogP contribution in [0.2, 0.25) is 0 Å². The number of rotatable bonds is 6. The maximum Gasteiger partial charge on any atom is 0.394 e. The third kappa shape index (κ3) is 7.74. The van der Waals surface area contributed by atoms with Gasteiger partial charge in [-0.05, 0) is 46.9 Å². The molecule has 0 aliphatic rings. The lowest BCUT2D eigenvalue weighted by Crippen LogP contribution is -2.05. The molecule has 0 spiro atoms. The molecule has 2 aromatic carbocycles. The SMILES string of the molecule is CC(C)c1cccc(Oc2cccc(C(C)C)c2C(C)C)c1C(C)C.O=S(=O)(O)O. The largest absolute Gasteiger partial charge is 0.457 e. The Kier molecular flexibility index (Phi) is 9.53. The Morgan fingerprint density at radius 3 is 1.17 bits per heavy atom. The lowest BCUT2D eigenvalue weighted by atomic mass is 9.89. The Bertz CT molecular complexity index is 859. The number of hydrogen-bond donors (Lipinski definition) is 2. The smallest absolute Gasteiger partial charge is 0.394 e. The first kappa shape index (κ1) is 26.1. The zero-order chi connectivity index (χ0) is 23.2. The molecule has 0 unspecified atom stereocenters. The third-order valence-electron chi connectivity index (χ3n) is 4.82. The van der Waals surface area contributed by atoms with Gasteiger partial charge >= 0.3 is 10.4 Å². The molecule has 30 heavy (non-hydrogen) atoms. The van der Waals surface area contributed by atoms with E-state index >= 15 is 0 Å². The standard InChI is InChI=1S/C24H34O.H2O4S/c1-15(2)19-11-9-13-21(23(19)17(5)6)25-22-14-10-12-20(16(3)4)24(22)18(7)8;1-5(2,3)4/h9-18H,1-8H3;(H2,1,2,3,4). The summed E-state index contributed by atoms with van der Waals surface area (Å²) in [6.07, 6.45) is 0. The van der Waals surface area contributed by atoms with Crippen molar-refractivity contribution in [2.75, 3.05) is 0 Å². The second-order valence-electron chi connectivity index (χ2n) is 8.69.